The molecule has 2 heteroatoms. The second-order valence-electron chi connectivity index (χ2n) is 3.15. The summed E-state index contributed by atoms with van der Waals surface area (Å²) in [6.07, 6.45) is 9.62. The van der Waals surface area contributed by atoms with Crippen molar-refractivity contribution >= 4 is 5.57 Å². The summed E-state index contributed by atoms with van der Waals surface area (Å²) in [5, 5.41) is 0. The molecule has 0 aliphatic heterocycles. The van der Waals surface area contributed by atoms with Crippen molar-refractivity contribution in [3.8, 4) is 0 Å². The van der Waals surface area contributed by atoms with Gasteiger partial charge in [-0.2, -0.15) is 0 Å². The zero-order valence-corrected chi connectivity index (χ0v) is 8.99. The molecule has 2 nitrogen and oxygen atoms in total. The Morgan fingerprint density at radius 3 is 2.71 bits per heavy atom. The summed E-state index contributed by atoms with van der Waals surface area (Å²) in [7, 11) is 1.99. The summed E-state index contributed by atoms with van der Waals surface area (Å²) in [5.74, 6) is 0. The smallest absolute Gasteiger partial charge is 0.0953 e. The van der Waals surface area contributed by atoms with Gasteiger partial charge in [0.2, 0.25) is 0 Å². The average Bonchev–Trinajstić information content (AvgIpc) is 2.48. The van der Waals surface area contributed by atoms with Gasteiger partial charge in [0.25, 0.3) is 0 Å². The Hall–Kier alpha value is -1.57. The van der Waals surface area contributed by atoms with E-state index in [-0.39, 0.29) is 0 Å². The van der Waals surface area contributed by atoms with Crippen LogP contribution in [-0.2, 0) is 7.05 Å². The Bertz CT molecular complexity index is 381. The molecule has 0 unspecified atom stereocenters. The standard InChI is InChI=1S/C12H16N2/c1-5-7-11(8-6-2)12-10(3)14(4)9-13-12/h5-9H,1H2,2-4H3/b8-6-,11-7+. The van der Waals surface area contributed by atoms with Crippen molar-refractivity contribution in [1.29, 1.82) is 0 Å². The third kappa shape index (κ3) is 2.02. The average molecular weight is 188 g/mol. The highest BCUT2D eigenvalue weighted by Gasteiger charge is 2.05. The summed E-state index contributed by atoms with van der Waals surface area (Å²) >= 11 is 0. The first-order valence-electron chi connectivity index (χ1n) is 4.64. The van der Waals surface area contributed by atoms with Gasteiger partial charge < -0.3 is 4.57 Å². The van der Waals surface area contributed by atoms with E-state index in [1.807, 2.05) is 43.1 Å². The van der Waals surface area contributed by atoms with Crippen LogP contribution >= 0.6 is 0 Å². The third-order valence-electron chi connectivity index (χ3n) is 2.15. The maximum atomic E-state index is 4.35. The Labute approximate surface area is 85.3 Å². The molecule has 0 saturated heterocycles. The third-order valence-corrected chi connectivity index (χ3v) is 2.15. The Balaban J connectivity index is 3.18. The molecule has 0 aromatic carbocycles. The second-order valence-corrected chi connectivity index (χ2v) is 3.15. The van der Waals surface area contributed by atoms with E-state index in [0.29, 0.717) is 0 Å². The van der Waals surface area contributed by atoms with Gasteiger partial charge in [0.05, 0.1) is 12.0 Å². The molecule has 1 aromatic heterocycles. The van der Waals surface area contributed by atoms with Crippen LogP contribution in [0.4, 0.5) is 0 Å². The molecule has 0 amide bonds. The Morgan fingerprint density at radius 2 is 2.29 bits per heavy atom. The summed E-state index contributed by atoms with van der Waals surface area (Å²) < 4.78 is 2.01. The monoisotopic (exact) mass is 188 g/mol. The Morgan fingerprint density at radius 1 is 1.57 bits per heavy atom. The van der Waals surface area contributed by atoms with Crippen molar-refractivity contribution in [2.24, 2.45) is 7.05 Å². The molecule has 0 aliphatic rings. The van der Waals surface area contributed by atoms with Crippen molar-refractivity contribution in [1.82, 2.24) is 9.55 Å². The van der Waals surface area contributed by atoms with Gasteiger partial charge >= 0.3 is 0 Å². The van der Waals surface area contributed by atoms with Gasteiger partial charge in [-0.3, -0.25) is 0 Å². The van der Waals surface area contributed by atoms with E-state index in [1.165, 1.54) is 0 Å². The quantitative estimate of drug-likeness (QED) is 0.667. The van der Waals surface area contributed by atoms with E-state index >= 15 is 0 Å². The van der Waals surface area contributed by atoms with Crippen LogP contribution < -0.4 is 0 Å². The fraction of sp³-hybridized carbons (Fsp3) is 0.250. The maximum Gasteiger partial charge on any atom is 0.0953 e. The first-order chi connectivity index (χ1) is 6.70. The molecule has 1 aromatic rings. The van der Waals surface area contributed by atoms with Crippen molar-refractivity contribution in [2.45, 2.75) is 13.8 Å². The number of rotatable bonds is 3. The number of hydrogen-bond donors (Lipinski definition) is 0. The number of hydrogen-bond acceptors (Lipinski definition) is 1. The molecule has 0 aliphatic carbocycles. The summed E-state index contributed by atoms with van der Waals surface area (Å²) in [6.45, 7) is 7.75. The normalized spacial score (nSPS) is 12.4. The van der Waals surface area contributed by atoms with Crippen LogP contribution in [0.1, 0.15) is 18.3 Å². The van der Waals surface area contributed by atoms with E-state index in [4.69, 9.17) is 0 Å². The minimum Gasteiger partial charge on any atom is -0.337 e. The minimum atomic E-state index is 1.02. The van der Waals surface area contributed by atoms with Gasteiger partial charge in [-0.25, -0.2) is 4.98 Å². The zero-order valence-electron chi connectivity index (χ0n) is 8.99. The van der Waals surface area contributed by atoms with Gasteiger partial charge in [-0.15, -0.1) is 0 Å². The van der Waals surface area contributed by atoms with Crippen molar-refractivity contribution in [3.63, 3.8) is 0 Å². The lowest BCUT2D eigenvalue weighted by molar-refractivity contribution is 0.873. The minimum absolute atomic E-state index is 1.02. The molecular weight excluding hydrogens is 172 g/mol. The molecule has 0 saturated carbocycles. The topological polar surface area (TPSA) is 17.8 Å². The lowest BCUT2D eigenvalue weighted by atomic mass is 10.1. The number of nitrogens with zero attached hydrogens (tertiary/aromatic N) is 2. The van der Waals surface area contributed by atoms with Gasteiger partial charge in [0, 0.05) is 18.3 Å². The molecule has 0 radical (unpaired) electrons. The van der Waals surface area contributed by atoms with Crippen molar-refractivity contribution in [3.05, 3.63) is 48.6 Å². The van der Waals surface area contributed by atoms with Crippen LogP contribution in [0.15, 0.2) is 37.2 Å². The molecule has 0 atom stereocenters. The number of imidazole rings is 1. The van der Waals surface area contributed by atoms with Crippen LogP contribution in [-0.4, -0.2) is 9.55 Å². The van der Waals surface area contributed by atoms with Gasteiger partial charge in [-0.05, 0) is 13.8 Å². The summed E-state index contributed by atoms with van der Waals surface area (Å²) in [5.41, 5.74) is 3.28. The first-order valence-corrected chi connectivity index (χ1v) is 4.64. The van der Waals surface area contributed by atoms with E-state index in [1.54, 1.807) is 6.08 Å². The molecule has 1 heterocycles. The maximum absolute atomic E-state index is 4.35. The molecule has 0 N–H and O–H groups in total. The molecule has 0 spiro atoms. The van der Waals surface area contributed by atoms with Crippen molar-refractivity contribution in [2.75, 3.05) is 0 Å². The van der Waals surface area contributed by atoms with E-state index in [0.717, 1.165) is 17.0 Å². The van der Waals surface area contributed by atoms with Crippen LogP contribution in [0.25, 0.3) is 5.57 Å². The molecular formula is C12H16N2. The van der Waals surface area contributed by atoms with E-state index in [2.05, 4.69) is 18.5 Å². The van der Waals surface area contributed by atoms with E-state index in [9.17, 15) is 0 Å². The van der Waals surface area contributed by atoms with Crippen LogP contribution in [0, 0.1) is 6.92 Å². The highest BCUT2D eigenvalue weighted by atomic mass is 15.0. The summed E-state index contributed by atoms with van der Waals surface area (Å²) in [4.78, 5) is 4.35. The highest BCUT2D eigenvalue weighted by Crippen LogP contribution is 2.17. The number of allylic oxidation sites excluding steroid dienone is 5. The predicted octanol–water partition coefficient (Wildman–Crippen LogP) is 2.87. The molecule has 1 rings (SSSR count). The van der Waals surface area contributed by atoms with Crippen LogP contribution in [0.2, 0.25) is 0 Å². The van der Waals surface area contributed by atoms with Crippen molar-refractivity contribution < 1.29 is 0 Å². The largest absolute Gasteiger partial charge is 0.337 e. The lowest BCUT2D eigenvalue weighted by Crippen LogP contribution is -1.90. The molecule has 14 heavy (non-hydrogen) atoms. The summed E-state index contributed by atoms with van der Waals surface area (Å²) in [6, 6.07) is 0. The first kappa shape index (κ1) is 10.5. The second kappa shape index (κ2) is 4.61. The van der Waals surface area contributed by atoms with Crippen LogP contribution in [0.3, 0.4) is 0 Å². The molecule has 0 fully saturated rings. The van der Waals surface area contributed by atoms with Gasteiger partial charge in [0.15, 0.2) is 0 Å². The SMILES string of the molecule is C=C/C=C(\C=C/C)c1ncn(C)c1C. The zero-order chi connectivity index (χ0) is 10.6. The predicted molar refractivity (Wildman–Crippen MR) is 60.9 cm³/mol. The number of aryl methyl sites for hydroxylation is 1. The Kier molecular flexibility index (Phi) is 3.46. The molecule has 74 valence electrons. The van der Waals surface area contributed by atoms with Gasteiger partial charge in [0.1, 0.15) is 0 Å². The fourth-order valence-corrected chi connectivity index (χ4v) is 1.29. The highest BCUT2D eigenvalue weighted by molar-refractivity contribution is 5.74. The van der Waals surface area contributed by atoms with E-state index < -0.39 is 0 Å². The fourth-order valence-electron chi connectivity index (χ4n) is 1.29. The lowest BCUT2D eigenvalue weighted by Gasteiger charge is -2.00. The van der Waals surface area contributed by atoms with Crippen LogP contribution in [0.5, 0.6) is 0 Å². The number of aromatic nitrogens is 2. The molecule has 0 bridgehead atoms. The van der Waals surface area contributed by atoms with Gasteiger partial charge in [-0.1, -0.05) is 30.9 Å².